The molecule has 0 N–H and O–H groups in total. The Morgan fingerprint density at radius 2 is 1.96 bits per heavy atom. The number of hydrogen-bond acceptors (Lipinski definition) is 5. The minimum atomic E-state index is -0.455. The number of nitrogens with zero attached hydrogens (tertiary/aromatic N) is 1. The maximum Gasteiger partial charge on any atom is 0.338 e. The third-order valence-electron chi connectivity index (χ3n) is 5.61. The van der Waals surface area contributed by atoms with Crippen molar-refractivity contribution in [1.82, 2.24) is 4.90 Å². The molecule has 124 valence electrons. The molecule has 0 radical (unpaired) electrons. The normalized spacial score (nSPS) is 33.3. The van der Waals surface area contributed by atoms with Gasteiger partial charge < -0.3 is 9.47 Å². The van der Waals surface area contributed by atoms with Crippen LogP contribution >= 0.6 is 0 Å². The molecule has 0 amide bonds. The van der Waals surface area contributed by atoms with Gasteiger partial charge in [-0.25, -0.2) is 4.79 Å². The maximum atomic E-state index is 12.4. The molecule has 4 unspecified atom stereocenters. The smallest absolute Gasteiger partial charge is 0.338 e. The molecular weight excluding hydrogens is 294 g/mol. The Morgan fingerprint density at radius 3 is 2.61 bits per heavy atom. The Labute approximate surface area is 136 Å². The molecule has 1 aromatic carbocycles. The summed E-state index contributed by atoms with van der Waals surface area (Å²) in [6, 6.07) is 9.24. The van der Waals surface area contributed by atoms with Crippen LogP contribution in [0.5, 0.6) is 0 Å². The molecule has 2 aliphatic rings. The van der Waals surface area contributed by atoms with Gasteiger partial charge in [-0.1, -0.05) is 18.2 Å². The highest BCUT2D eigenvalue weighted by molar-refractivity contribution is 5.89. The molecule has 2 bridgehead atoms. The van der Waals surface area contributed by atoms with Crippen LogP contribution in [0.15, 0.2) is 30.3 Å². The van der Waals surface area contributed by atoms with Gasteiger partial charge in [-0.3, -0.25) is 9.69 Å². The molecule has 5 nitrogen and oxygen atoms in total. The quantitative estimate of drug-likeness (QED) is 0.800. The zero-order valence-electron chi connectivity index (χ0n) is 13.8. The molecule has 23 heavy (non-hydrogen) atoms. The number of hydrogen-bond donors (Lipinski definition) is 0. The molecule has 2 heterocycles. The summed E-state index contributed by atoms with van der Waals surface area (Å²) in [7, 11) is 3.44. The van der Waals surface area contributed by atoms with Crippen LogP contribution in [0.3, 0.4) is 0 Å². The van der Waals surface area contributed by atoms with Gasteiger partial charge in [-0.05, 0) is 38.9 Å². The van der Waals surface area contributed by atoms with E-state index >= 15 is 0 Å². The Hall–Kier alpha value is -1.88. The molecule has 0 aromatic heterocycles. The highest BCUT2D eigenvalue weighted by atomic mass is 16.6. The van der Waals surface area contributed by atoms with Crippen LogP contribution in [-0.2, 0) is 14.3 Å². The molecule has 4 atom stereocenters. The predicted molar refractivity (Wildman–Crippen MR) is 85.0 cm³/mol. The molecule has 0 saturated carbocycles. The summed E-state index contributed by atoms with van der Waals surface area (Å²) < 4.78 is 10.8. The van der Waals surface area contributed by atoms with Gasteiger partial charge in [0.05, 0.1) is 12.7 Å². The van der Waals surface area contributed by atoms with Crippen molar-refractivity contribution in [2.45, 2.75) is 43.9 Å². The first-order valence-electron chi connectivity index (χ1n) is 8.04. The lowest BCUT2D eigenvalue weighted by atomic mass is 9.77. The van der Waals surface area contributed by atoms with Crippen LogP contribution in [0.1, 0.15) is 36.5 Å². The fraction of sp³-hybridized carbons (Fsp3) is 0.556. The van der Waals surface area contributed by atoms with Gasteiger partial charge in [0.15, 0.2) is 0 Å². The number of esters is 2. The van der Waals surface area contributed by atoms with Crippen molar-refractivity contribution in [3.63, 3.8) is 0 Å². The molecule has 0 spiro atoms. The zero-order valence-corrected chi connectivity index (χ0v) is 13.8. The summed E-state index contributed by atoms with van der Waals surface area (Å²) in [6.07, 6.45) is 2.15. The fourth-order valence-corrected chi connectivity index (χ4v) is 4.13. The number of carbonyl (C=O) groups excluding carboxylic acids is 2. The van der Waals surface area contributed by atoms with Crippen molar-refractivity contribution in [3.8, 4) is 0 Å². The van der Waals surface area contributed by atoms with Gasteiger partial charge in [-0.15, -0.1) is 0 Å². The first-order chi connectivity index (χ1) is 11.0. The maximum absolute atomic E-state index is 12.4. The van der Waals surface area contributed by atoms with Crippen molar-refractivity contribution in [2.24, 2.45) is 5.92 Å². The monoisotopic (exact) mass is 317 g/mol. The minimum absolute atomic E-state index is 0.300. The Balaban J connectivity index is 1.85. The van der Waals surface area contributed by atoms with Crippen molar-refractivity contribution >= 4 is 11.9 Å². The molecule has 2 saturated heterocycles. The molecule has 0 aliphatic carbocycles. The van der Waals surface area contributed by atoms with Crippen LogP contribution in [0.4, 0.5) is 0 Å². The summed E-state index contributed by atoms with van der Waals surface area (Å²) >= 11 is 0. The van der Waals surface area contributed by atoms with E-state index in [1.807, 2.05) is 13.1 Å². The Morgan fingerprint density at radius 1 is 1.26 bits per heavy atom. The van der Waals surface area contributed by atoms with Crippen LogP contribution in [0.2, 0.25) is 0 Å². The zero-order chi connectivity index (χ0) is 16.6. The lowest BCUT2D eigenvalue weighted by molar-refractivity contribution is -0.162. The molecule has 1 aromatic rings. The highest BCUT2D eigenvalue weighted by Crippen LogP contribution is 2.47. The van der Waals surface area contributed by atoms with E-state index in [4.69, 9.17) is 9.47 Å². The van der Waals surface area contributed by atoms with Crippen molar-refractivity contribution in [3.05, 3.63) is 35.9 Å². The third-order valence-corrected chi connectivity index (χ3v) is 5.61. The number of rotatable bonds is 3. The average Bonchev–Trinajstić information content (AvgIpc) is 2.75. The minimum Gasteiger partial charge on any atom is -0.469 e. The number of benzene rings is 1. The van der Waals surface area contributed by atoms with E-state index in [2.05, 4.69) is 11.8 Å². The summed E-state index contributed by atoms with van der Waals surface area (Å²) in [5, 5.41) is 0. The largest absolute Gasteiger partial charge is 0.469 e. The number of piperidine rings is 1. The van der Waals surface area contributed by atoms with Crippen molar-refractivity contribution < 1.29 is 19.1 Å². The number of methoxy groups -OCH3 is 1. The van der Waals surface area contributed by atoms with Crippen LogP contribution in [-0.4, -0.2) is 48.7 Å². The first-order valence-corrected chi connectivity index (χ1v) is 8.04. The molecule has 3 rings (SSSR count). The van der Waals surface area contributed by atoms with Crippen LogP contribution in [0.25, 0.3) is 0 Å². The van der Waals surface area contributed by atoms with Gasteiger partial charge in [-0.2, -0.15) is 0 Å². The first kappa shape index (κ1) is 16.0. The van der Waals surface area contributed by atoms with E-state index in [0.717, 1.165) is 12.8 Å². The Kier molecular flexibility index (Phi) is 4.15. The molecule has 2 aliphatic heterocycles. The fourth-order valence-electron chi connectivity index (χ4n) is 4.13. The second kappa shape index (κ2) is 5.96. The van der Waals surface area contributed by atoms with Crippen molar-refractivity contribution in [1.29, 1.82) is 0 Å². The number of ether oxygens (including phenoxy) is 2. The van der Waals surface area contributed by atoms with E-state index in [9.17, 15) is 9.59 Å². The van der Waals surface area contributed by atoms with E-state index < -0.39 is 12.0 Å². The summed E-state index contributed by atoms with van der Waals surface area (Å²) in [5.74, 6) is -1.13. The standard InChI is InChI=1S/C18H23NO4/c1-18-10-9-13(19(18)2)11-14(15(18)17(21)22-3)23-16(20)12-7-5-4-6-8-12/h4-8,13-15H,9-11H2,1-3H3. The molecule has 2 fully saturated rings. The summed E-state index contributed by atoms with van der Waals surface area (Å²) in [6.45, 7) is 2.07. The second-order valence-electron chi connectivity index (χ2n) is 6.71. The lowest BCUT2D eigenvalue weighted by Crippen LogP contribution is -2.60. The molecule has 5 heteroatoms. The van der Waals surface area contributed by atoms with E-state index in [1.54, 1.807) is 24.3 Å². The molecular formula is C18H23NO4. The van der Waals surface area contributed by atoms with E-state index in [1.165, 1.54) is 7.11 Å². The van der Waals surface area contributed by atoms with Crippen LogP contribution in [0, 0.1) is 5.92 Å². The lowest BCUT2D eigenvalue weighted by Gasteiger charge is -2.47. The van der Waals surface area contributed by atoms with Gasteiger partial charge in [0.1, 0.15) is 12.0 Å². The third kappa shape index (κ3) is 2.63. The summed E-state index contributed by atoms with van der Waals surface area (Å²) in [4.78, 5) is 27.0. The van der Waals surface area contributed by atoms with Gasteiger partial charge in [0.2, 0.25) is 0 Å². The topological polar surface area (TPSA) is 55.8 Å². The Bertz CT molecular complexity index is 602. The van der Waals surface area contributed by atoms with E-state index in [0.29, 0.717) is 18.0 Å². The van der Waals surface area contributed by atoms with Gasteiger partial charge in [0.25, 0.3) is 0 Å². The number of fused-ring (bicyclic) bond motifs is 2. The average molecular weight is 317 g/mol. The SMILES string of the molecule is COC(=O)C1C(OC(=O)c2ccccc2)CC2CCC1(C)N2C. The van der Waals surface area contributed by atoms with Crippen molar-refractivity contribution in [2.75, 3.05) is 14.2 Å². The van der Waals surface area contributed by atoms with E-state index in [-0.39, 0.29) is 17.5 Å². The van der Waals surface area contributed by atoms with Gasteiger partial charge >= 0.3 is 11.9 Å². The second-order valence-corrected chi connectivity index (χ2v) is 6.71. The summed E-state index contributed by atoms with van der Waals surface area (Å²) in [5.41, 5.74) is 0.185. The highest BCUT2D eigenvalue weighted by Gasteiger charge is 2.58. The predicted octanol–water partition coefficient (Wildman–Crippen LogP) is 2.26. The van der Waals surface area contributed by atoms with Crippen LogP contribution < -0.4 is 0 Å². The van der Waals surface area contributed by atoms with Gasteiger partial charge in [0, 0.05) is 18.0 Å². The number of carbonyl (C=O) groups is 2.